The molecule has 5 heteroatoms. The molecule has 1 unspecified atom stereocenters. The molecule has 0 saturated carbocycles. The molecule has 1 N–H and O–H groups in total. The lowest BCUT2D eigenvalue weighted by Gasteiger charge is -2.25. The molecule has 1 atom stereocenters. The van der Waals surface area contributed by atoms with Crippen molar-refractivity contribution < 1.29 is 13.9 Å². The Hall–Kier alpha value is -2.56. The molecule has 0 aromatic heterocycles. The number of ether oxygens (including phenoxy) is 1. The first-order valence-corrected chi connectivity index (χ1v) is 8.23. The van der Waals surface area contributed by atoms with E-state index in [-0.39, 0.29) is 17.9 Å². The van der Waals surface area contributed by atoms with Crippen molar-refractivity contribution in [1.82, 2.24) is 4.90 Å². The van der Waals surface area contributed by atoms with Crippen molar-refractivity contribution in [2.45, 2.75) is 25.8 Å². The molecule has 0 bridgehead atoms. The van der Waals surface area contributed by atoms with E-state index in [2.05, 4.69) is 5.32 Å². The van der Waals surface area contributed by atoms with Gasteiger partial charge in [-0.25, -0.2) is 9.18 Å². The Morgan fingerprint density at radius 1 is 1.29 bits per heavy atom. The van der Waals surface area contributed by atoms with Crippen LogP contribution in [0.15, 0.2) is 48.5 Å². The van der Waals surface area contributed by atoms with E-state index in [0.717, 1.165) is 24.2 Å². The number of hydrogen-bond acceptors (Lipinski definition) is 2. The number of urea groups is 1. The number of hydrogen-bond donors (Lipinski definition) is 1. The lowest BCUT2D eigenvalue weighted by Crippen LogP contribution is -2.34. The Balaban J connectivity index is 1.69. The summed E-state index contributed by atoms with van der Waals surface area (Å²) in [5, 5.41) is 2.91. The van der Waals surface area contributed by atoms with Crippen LogP contribution in [0.5, 0.6) is 5.75 Å². The molecule has 1 fully saturated rings. The number of rotatable bonds is 4. The minimum Gasteiger partial charge on any atom is -0.494 e. The topological polar surface area (TPSA) is 41.6 Å². The van der Waals surface area contributed by atoms with Crippen LogP contribution in [0, 0.1) is 5.82 Å². The average molecular weight is 328 g/mol. The first-order chi connectivity index (χ1) is 11.7. The van der Waals surface area contributed by atoms with Gasteiger partial charge in [0.15, 0.2) is 0 Å². The highest BCUT2D eigenvalue weighted by Gasteiger charge is 2.30. The Morgan fingerprint density at radius 2 is 2.08 bits per heavy atom. The van der Waals surface area contributed by atoms with Gasteiger partial charge in [-0.1, -0.05) is 12.1 Å². The minimum atomic E-state index is -0.272. The van der Waals surface area contributed by atoms with Gasteiger partial charge < -0.3 is 15.0 Å². The highest BCUT2D eigenvalue weighted by molar-refractivity contribution is 5.89. The van der Waals surface area contributed by atoms with E-state index >= 15 is 0 Å². The number of likely N-dealkylation sites (tertiary alicyclic amines) is 1. The second-order valence-corrected chi connectivity index (χ2v) is 5.79. The monoisotopic (exact) mass is 328 g/mol. The molecular formula is C19H21FN2O2. The van der Waals surface area contributed by atoms with Crippen LogP contribution >= 0.6 is 0 Å². The molecule has 2 aromatic rings. The fourth-order valence-corrected chi connectivity index (χ4v) is 3.07. The minimum absolute atomic E-state index is 0.0802. The Labute approximate surface area is 141 Å². The maximum atomic E-state index is 13.5. The van der Waals surface area contributed by atoms with E-state index in [9.17, 15) is 9.18 Å². The van der Waals surface area contributed by atoms with Crippen LogP contribution in [0.3, 0.4) is 0 Å². The molecule has 126 valence electrons. The highest BCUT2D eigenvalue weighted by atomic mass is 19.1. The van der Waals surface area contributed by atoms with Gasteiger partial charge in [0, 0.05) is 12.2 Å². The number of anilines is 1. The number of amides is 2. The largest absolute Gasteiger partial charge is 0.494 e. The second-order valence-electron chi connectivity index (χ2n) is 5.79. The molecule has 24 heavy (non-hydrogen) atoms. The summed E-state index contributed by atoms with van der Waals surface area (Å²) in [5.41, 5.74) is 1.56. The van der Waals surface area contributed by atoms with Crippen LogP contribution in [0.1, 0.15) is 31.4 Å². The van der Waals surface area contributed by atoms with E-state index in [1.807, 2.05) is 37.3 Å². The third-order valence-electron chi connectivity index (χ3n) is 4.16. The van der Waals surface area contributed by atoms with Gasteiger partial charge >= 0.3 is 6.03 Å². The molecule has 1 heterocycles. The zero-order valence-corrected chi connectivity index (χ0v) is 13.7. The molecule has 1 saturated heterocycles. The fourth-order valence-electron chi connectivity index (χ4n) is 3.07. The third kappa shape index (κ3) is 3.67. The second kappa shape index (κ2) is 7.34. The number of carbonyl (C=O) groups is 1. The third-order valence-corrected chi connectivity index (χ3v) is 4.16. The summed E-state index contributed by atoms with van der Waals surface area (Å²) < 4.78 is 18.9. The molecule has 2 amide bonds. The van der Waals surface area contributed by atoms with Gasteiger partial charge in [-0.15, -0.1) is 0 Å². The van der Waals surface area contributed by atoms with Gasteiger partial charge in [0.2, 0.25) is 0 Å². The smallest absolute Gasteiger partial charge is 0.322 e. The van der Waals surface area contributed by atoms with E-state index in [1.165, 1.54) is 12.1 Å². The van der Waals surface area contributed by atoms with Crippen molar-refractivity contribution in [3.63, 3.8) is 0 Å². The van der Waals surface area contributed by atoms with Gasteiger partial charge in [-0.2, -0.15) is 0 Å². The Morgan fingerprint density at radius 3 is 2.79 bits per heavy atom. The van der Waals surface area contributed by atoms with Crippen LogP contribution in [0.25, 0.3) is 0 Å². The van der Waals surface area contributed by atoms with Crippen LogP contribution in [-0.2, 0) is 0 Å². The maximum absolute atomic E-state index is 13.5. The lowest BCUT2D eigenvalue weighted by atomic mass is 10.0. The lowest BCUT2D eigenvalue weighted by molar-refractivity contribution is 0.207. The fraction of sp³-hybridized carbons (Fsp3) is 0.316. The van der Waals surface area contributed by atoms with Gasteiger partial charge in [0.05, 0.1) is 12.6 Å². The van der Waals surface area contributed by atoms with Gasteiger partial charge in [-0.3, -0.25) is 0 Å². The van der Waals surface area contributed by atoms with Crippen molar-refractivity contribution >= 4 is 11.7 Å². The van der Waals surface area contributed by atoms with Crippen molar-refractivity contribution in [1.29, 1.82) is 0 Å². The molecule has 0 aliphatic carbocycles. The van der Waals surface area contributed by atoms with Crippen LogP contribution < -0.4 is 10.1 Å². The number of nitrogens with zero attached hydrogens (tertiary/aromatic N) is 1. The van der Waals surface area contributed by atoms with Crippen LogP contribution in [-0.4, -0.2) is 24.1 Å². The normalized spacial score (nSPS) is 16.9. The summed E-state index contributed by atoms with van der Waals surface area (Å²) in [4.78, 5) is 14.4. The number of nitrogens with one attached hydrogen (secondary N) is 1. The van der Waals surface area contributed by atoms with E-state index in [1.54, 1.807) is 11.0 Å². The zero-order chi connectivity index (χ0) is 16.9. The summed E-state index contributed by atoms with van der Waals surface area (Å²) in [6.45, 7) is 3.20. The van der Waals surface area contributed by atoms with Crippen molar-refractivity contribution in [3.8, 4) is 5.75 Å². The van der Waals surface area contributed by atoms with Crippen LogP contribution in [0.4, 0.5) is 14.9 Å². The Bertz CT molecular complexity index is 703. The number of benzene rings is 2. The number of halogens is 1. The molecule has 0 spiro atoms. The van der Waals surface area contributed by atoms with Crippen LogP contribution in [0.2, 0.25) is 0 Å². The summed E-state index contributed by atoms with van der Waals surface area (Å²) in [6.07, 6.45) is 1.76. The zero-order valence-electron chi connectivity index (χ0n) is 13.7. The molecule has 3 rings (SSSR count). The van der Waals surface area contributed by atoms with E-state index in [4.69, 9.17) is 4.74 Å². The van der Waals surface area contributed by atoms with Gasteiger partial charge in [-0.05, 0) is 61.7 Å². The van der Waals surface area contributed by atoms with Crippen molar-refractivity contribution in [2.24, 2.45) is 0 Å². The average Bonchev–Trinajstić information content (AvgIpc) is 3.07. The molecule has 2 aromatic carbocycles. The first kappa shape index (κ1) is 16.3. The molecule has 4 nitrogen and oxygen atoms in total. The predicted octanol–water partition coefficient (Wildman–Crippen LogP) is 4.59. The van der Waals surface area contributed by atoms with E-state index in [0.29, 0.717) is 18.8 Å². The highest BCUT2D eigenvalue weighted by Crippen LogP contribution is 2.32. The summed E-state index contributed by atoms with van der Waals surface area (Å²) in [6, 6.07) is 13.5. The van der Waals surface area contributed by atoms with E-state index < -0.39 is 0 Å². The first-order valence-electron chi connectivity index (χ1n) is 8.23. The van der Waals surface area contributed by atoms with Gasteiger partial charge in [0.25, 0.3) is 0 Å². The Kier molecular flexibility index (Phi) is 4.99. The summed E-state index contributed by atoms with van der Waals surface area (Å²) in [5.74, 6) is 0.501. The SMILES string of the molecule is CCOc1ccc(NC(=O)N2CCCC2c2cccc(F)c2)cc1. The molecule has 0 radical (unpaired) electrons. The van der Waals surface area contributed by atoms with Crippen molar-refractivity contribution in [2.75, 3.05) is 18.5 Å². The van der Waals surface area contributed by atoms with Gasteiger partial charge in [0.1, 0.15) is 11.6 Å². The molecule has 1 aliphatic heterocycles. The maximum Gasteiger partial charge on any atom is 0.322 e. The predicted molar refractivity (Wildman–Crippen MR) is 91.7 cm³/mol. The molecule has 1 aliphatic rings. The number of carbonyl (C=O) groups excluding carboxylic acids is 1. The summed E-state index contributed by atoms with van der Waals surface area (Å²) >= 11 is 0. The van der Waals surface area contributed by atoms with Crippen molar-refractivity contribution in [3.05, 3.63) is 59.9 Å². The summed E-state index contributed by atoms with van der Waals surface area (Å²) in [7, 11) is 0. The molecular weight excluding hydrogens is 307 g/mol. The quantitative estimate of drug-likeness (QED) is 0.891. The standard InChI is InChI=1S/C19H21FN2O2/c1-2-24-17-10-8-16(9-11-17)21-19(23)22-12-4-7-18(22)14-5-3-6-15(20)13-14/h3,5-6,8-11,13,18H,2,4,7,12H2,1H3,(H,21,23).